The molecule has 6 heteroatoms. The van der Waals surface area contributed by atoms with Crippen molar-refractivity contribution in [3.8, 4) is 22.5 Å². The van der Waals surface area contributed by atoms with Crippen molar-refractivity contribution in [3.05, 3.63) is 66.7 Å². The third kappa shape index (κ3) is 3.57. The van der Waals surface area contributed by atoms with Gasteiger partial charge in [0.15, 0.2) is 0 Å². The quantitative estimate of drug-likeness (QED) is 0.438. The second-order valence-electron chi connectivity index (χ2n) is 7.97. The largest absolute Gasteiger partial charge is 0.353 e. The number of rotatable bonds is 6. The fourth-order valence-corrected chi connectivity index (χ4v) is 3.88. The first-order valence-corrected chi connectivity index (χ1v) is 10.2. The maximum atomic E-state index is 4.57. The second-order valence-corrected chi connectivity index (χ2v) is 7.97. The summed E-state index contributed by atoms with van der Waals surface area (Å²) in [4.78, 5) is 14.4. The Morgan fingerprint density at radius 3 is 2.70 bits per heavy atom. The normalized spacial score (nSPS) is 11.7. The Morgan fingerprint density at radius 2 is 1.83 bits per heavy atom. The molecular formula is C24H24N6. The molecule has 4 heterocycles. The van der Waals surface area contributed by atoms with Crippen molar-refractivity contribution < 1.29 is 0 Å². The highest BCUT2D eigenvalue weighted by Crippen LogP contribution is 2.31. The molecule has 5 aromatic rings. The van der Waals surface area contributed by atoms with E-state index in [2.05, 4.69) is 74.5 Å². The fraction of sp³-hybridized carbons (Fsp3) is 0.208. The third-order valence-electron chi connectivity index (χ3n) is 5.44. The summed E-state index contributed by atoms with van der Waals surface area (Å²) in [5.41, 5.74) is 7.51. The molecule has 0 aliphatic carbocycles. The summed E-state index contributed by atoms with van der Waals surface area (Å²) in [7, 11) is 4.21. The lowest BCUT2D eigenvalue weighted by atomic mass is 10.0. The first kappa shape index (κ1) is 18.5. The zero-order chi connectivity index (χ0) is 20.5. The number of hydrogen-bond acceptors (Lipinski definition) is 4. The number of benzene rings is 1. The molecule has 6 nitrogen and oxygen atoms in total. The SMILES string of the molecule is CN(C)CCCc1cncc(-c2ccc3[nH]nc(-c4cc5cnccc5[nH]4)c3c2)c1. The van der Waals surface area contributed by atoms with E-state index in [9.17, 15) is 0 Å². The first-order chi connectivity index (χ1) is 14.7. The summed E-state index contributed by atoms with van der Waals surface area (Å²) < 4.78 is 0. The molecule has 2 N–H and O–H groups in total. The van der Waals surface area contributed by atoms with Crippen molar-refractivity contribution in [2.24, 2.45) is 0 Å². The van der Waals surface area contributed by atoms with Gasteiger partial charge in [-0.1, -0.05) is 6.07 Å². The molecule has 0 amide bonds. The van der Waals surface area contributed by atoms with Crippen LogP contribution in [0.2, 0.25) is 0 Å². The van der Waals surface area contributed by atoms with E-state index in [4.69, 9.17) is 0 Å². The second kappa shape index (κ2) is 7.72. The van der Waals surface area contributed by atoms with Gasteiger partial charge >= 0.3 is 0 Å². The highest BCUT2D eigenvalue weighted by molar-refractivity contribution is 5.97. The van der Waals surface area contributed by atoms with Gasteiger partial charge in [-0.3, -0.25) is 15.1 Å². The van der Waals surface area contributed by atoms with Crippen LogP contribution in [0.25, 0.3) is 44.3 Å². The summed E-state index contributed by atoms with van der Waals surface area (Å²) in [6.07, 6.45) is 9.72. The molecule has 4 aromatic heterocycles. The lowest BCUT2D eigenvalue weighted by Crippen LogP contribution is -2.13. The topological polar surface area (TPSA) is 73.5 Å². The van der Waals surface area contributed by atoms with Crippen LogP contribution in [-0.4, -0.2) is 50.7 Å². The third-order valence-corrected chi connectivity index (χ3v) is 5.44. The first-order valence-electron chi connectivity index (χ1n) is 10.2. The molecule has 0 fully saturated rings. The van der Waals surface area contributed by atoms with Crippen LogP contribution in [0.3, 0.4) is 0 Å². The predicted octanol–water partition coefficient (Wildman–Crippen LogP) is 4.66. The average molecular weight is 396 g/mol. The molecule has 0 spiro atoms. The molecule has 0 aliphatic heterocycles. The Hall–Kier alpha value is -3.51. The number of pyridine rings is 2. The molecule has 0 unspecified atom stereocenters. The highest BCUT2D eigenvalue weighted by atomic mass is 15.1. The maximum Gasteiger partial charge on any atom is 0.116 e. The van der Waals surface area contributed by atoms with Crippen molar-refractivity contribution in [2.75, 3.05) is 20.6 Å². The zero-order valence-corrected chi connectivity index (χ0v) is 17.2. The van der Waals surface area contributed by atoms with Gasteiger partial charge < -0.3 is 9.88 Å². The number of fused-ring (bicyclic) bond motifs is 2. The molecule has 0 saturated heterocycles. The minimum absolute atomic E-state index is 0.915. The molecule has 5 rings (SSSR count). The zero-order valence-electron chi connectivity index (χ0n) is 17.2. The van der Waals surface area contributed by atoms with Crippen LogP contribution >= 0.6 is 0 Å². The van der Waals surface area contributed by atoms with Crippen LogP contribution in [0.5, 0.6) is 0 Å². The van der Waals surface area contributed by atoms with Crippen molar-refractivity contribution in [1.82, 2.24) is 30.0 Å². The molecule has 0 aliphatic rings. The van der Waals surface area contributed by atoms with E-state index < -0.39 is 0 Å². The van der Waals surface area contributed by atoms with Crippen LogP contribution < -0.4 is 0 Å². The van der Waals surface area contributed by atoms with E-state index in [1.54, 1.807) is 6.20 Å². The van der Waals surface area contributed by atoms with Gasteiger partial charge in [-0.25, -0.2) is 0 Å². The number of hydrogen-bond donors (Lipinski definition) is 2. The molecule has 150 valence electrons. The van der Waals surface area contributed by atoms with Crippen molar-refractivity contribution in [2.45, 2.75) is 12.8 Å². The van der Waals surface area contributed by atoms with E-state index in [1.165, 1.54) is 5.56 Å². The van der Waals surface area contributed by atoms with Gasteiger partial charge in [0, 0.05) is 46.6 Å². The van der Waals surface area contributed by atoms with Gasteiger partial charge in [0.25, 0.3) is 0 Å². The highest BCUT2D eigenvalue weighted by Gasteiger charge is 2.12. The molecule has 0 atom stereocenters. The van der Waals surface area contributed by atoms with Crippen molar-refractivity contribution in [3.63, 3.8) is 0 Å². The van der Waals surface area contributed by atoms with Crippen LogP contribution in [0, 0.1) is 0 Å². The van der Waals surface area contributed by atoms with Crippen LogP contribution in [0.1, 0.15) is 12.0 Å². The van der Waals surface area contributed by atoms with E-state index >= 15 is 0 Å². The summed E-state index contributed by atoms with van der Waals surface area (Å²) in [5, 5.41) is 9.89. The van der Waals surface area contributed by atoms with Gasteiger partial charge in [-0.15, -0.1) is 0 Å². The summed E-state index contributed by atoms with van der Waals surface area (Å²) in [5.74, 6) is 0. The molecule has 1 aromatic carbocycles. The van der Waals surface area contributed by atoms with Crippen molar-refractivity contribution in [1.29, 1.82) is 0 Å². The molecular weight excluding hydrogens is 372 g/mol. The van der Waals surface area contributed by atoms with Crippen LogP contribution in [-0.2, 0) is 6.42 Å². The van der Waals surface area contributed by atoms with E-state index in [0.717, 1.165) is 63.7 Å². The van der Waals surface area contributed by atoms with Crippen molar-refractivity contribution >= 4 is 21.8 Å². The average Bonchev–Trinajstić information content (AvgIpc) is 3.37. The monoisotopic (exact) mass is 396 g/mol. The molecule has 0 radical (unpaired) electrons. The summed E-state index contributed by atoms with van der Waals surface area (Å²) >= 11 is 0. The number of H-pyrrole nitrogens is 2. The fourth-order valence-electron chi connectivity index (χ4n) is 3.88. The Morgan fingerprint density at radius 1 is 0.900 bits per heavy atom. The van der Waals surface area contributed by atoms with Crippen LogP contribution in [0.4, 0.5) is 0 Å². The maximum absolute atomic E-state index is 4.57. The Bertz CT molecular complexity index is 1280. The van der Waals surface area contributed by atoms with Gasteiger partial charge in [0.05, 0.1) is 11.2 Å². The lowest BCUT2D eigenvalue weighted by molar-refractivity contribution is 0.400. The molecule has 0 saturated carbocycles. The van der Waals surface area contributed by atoms with E-state index in [0.29, 0.717) is 0 Å². The van der Waals surface area contributed by atoms with E-state index in [1.807, 2.05) is 24.7 Å². The summed E-state index contributed by atoms with van der Waals surface area (Å²) in [6, 6.07) is 12.7. The standard InChI is InChI=1S/C24H24N6/c1-30(2)9-3-4-16-10-18(14-26-13-16)17-5-6-22-20(11-17)24(29-28-22)23-12-19-15-25-8-7-21(19)27-23/h5-8,10-15,27H,3-4,9H2,1-2H3,(H,28,29). The van der Waals surface area contributed by atoms with Gasteiger partial charge in [-0.05, 0) is 74.9 Å². The Labute approximate surface area is 175 Å². The van der Waals surface area contributed by atoms with Gasteiger partial charge in [0.1, 0.15) is 5.69 Å². The predicted molar refractivity (Wildman–Crippen MR) is 121 cm³/mol. The van der Waals surface area contributed by atoms with Crippen LogP contribution in [0.15, 0.2) is 61.2 Å². The number of nitrogens with zero attached hydrogens (tertiary/aromatic N) is 4. The van der Waals surface area contributed by atoms with E-state index in [-0.39, 0.29) is 0 Å². The lowest BCUT2D eigenvalue weighted by Gasteiger charge is -2.09. The minimum Gasteiger partial charge on any atom is -0.353 e. The number of aromatic amines is 2. The Balaban J connectivity index is 1.50. The minimum atomic E-state index is 0.915. The summed E-state index contributed by atoms with van der Waals surface area (Å²) in [6.45, 7) is 1.08. The molecule has 30 heavy (non-hydrogen) atoms. The van der Waals surface area contributed by atoms with Gasteiger partial charge in [0.2, 0.25) is 0 Å². The number of nitrogens with one attached hydrogen (secondary N) is 2. The Kier molecular flexibility index (Phi) is 4.77. The number of aromatic nitrogens is 5. The number of aryl methyl sites for hydroxylation is 1. The van der Waals surface area contributed by atoms with Gasteiger partial charge in [-0.2, -0.15) is 5.10 Å². The smallest absolute Gasteiger partial charge is 0.116 e. The molecule has 0 bridgehead atoms.